The Balaban J connectivity index is 2.14. The highest BCUT2D eigenvalue weighted by atomic mass is 32.1. The third kappa shape index (κ3) is 3.36. The van der Waals surface area contributed by atoms with Crippen LogP contribution in [-0.2, 0) is 9.31 Å². The molecule has 0 radical (unpaired) electrons. The van der Waals surface area contributed by atoms with Crippen LogP contribution in [0.25, 0.3) is 6.08 Å². The molecule has 1 saturated heterocycles. The lowest BCUT2D eigenvalue weighted by atomic mass is 9.87. The van der Waals surface area contributed by atoms with Crippen molar-refractivity contribution in [2.24, 2.45) is 0 Å². The van der Waals surface area contributed by atoms with E-state index in [0.29, 0.717) is 0 Å². The summed E-state index contributed by atoms with van der Waals surface area (Å²) in [6, 6.07) is 0. The molecule has 0 aliphatic carbocycles. The molecule has 7 heteroatoms. The van der Waals surface area contributed by atoms with Crippen LogP contribution in [0.3, 0.4) is 0 Å². The Bertz CT molecular complexity index is 539. The van der Waals surface area contributed by atoms with E-state index < -0.39 is 24.0 Å². The van der Waals surface area contributed by atoms with Crippen molar-refractivity contribution in [1.82, 2.24) is 4.98 Å². The number of thiazole rings is 1. The SMILES string of the molecule is CCN(CC)c1ncc(C=C(F)B2OC(C)(C)C(C)(C)O2)s1. The van der Waals surface area contributed by atoms with Crippen molar-refractivity contribution in [3.63, 3.8) is 0 Å². The lowest BCUT2D eigenvalue weighted by Gasteiger charge is -2.32. The smallest absolute Gasteiger partial charge is 0.398 e. The van der Waals surface area contributed by atoms with Crippen LogP contribution in [0.15, 0.2) is 11.9 Å². The summed E-state index contributed by atoms with van der Waals surface area (Å²) in [5, 5.41) is 0.901. The van der Waals surface area contributed by atoms with Gasteiger partial charge in [-0.1, -0.05) is 11.3 Å². The lowest BCUT2D eigenvalue weighted by Crippen LogP contribution is -2.41. The number of hydrogen-bond acceptors (Lipinski definition) is 5. The topological polar surface area (TPSA) is 34.6 Å². The fourth-order valence-corrected chi connectivity index (χ4v) is 3.12. The maximum Gasteiger partial charge on any atom is 0.525 e. The van der Waals surface area contributed by atoms with Crippen LogP contribution in [-0.4, -0.2) is 36.4 Å². The molecule has 1 aliphatic rings. The second-order valence-corrected chi connectivity index (χ2v) is 7.38. The largest absolute Gasteiger partial charge is 0.525 e. The molecule has 22 heavy (non-hydrogen) atoms. The van der Waals surface area contributed by atoms with Crippen molar-refractivity contribution in [1.29, 1.82) is 0 Å². The number of hydrogen-bond donors (Lipinski definition) is 0. The Morgan fingerprint density at radius 3 is 2.32 bits per heavy atom. The number of rotatable bonds is 5. The Labute approximate surface area is 136 Å². The second kappa shape index (κ2) is 6.30. The van der Waals surface area contributed by atoms with E-state index in [9.17, 15) is 4.39 Å². The highest BCUT2D eigenvalue weighted by molar-refractivity contribution is 7.16. The second-order valence-electron chi connectivity index (χ2n) is 6.33. The van der Waals surface area contributed by atoms with Crippen molar-refractivity contribution in [2.45, 2.75) is 52.7 Å². The zero-order chi connectivity index (χ0) is 16.5. The van der Waals surface area contributed by atoms with Gasteiger partial charge in [-0.2, -0.15) is 0 Å². The molecule has 122 valence electrons. The van der Waals surface area contributed by atoms with E-state index in [4.69, 9.17) is 9.31 Å². The fraction of sp³-hybridized carbons (Fsp3) is 0.667. The zero-order valence-corrected chi connectivity index (χ0v) is 15.0. The summed E-state index contributed by atoms with van der Waals surface area (Å²) >= 11 is 1.46. The van der Waals surface area contributed by atoms with Gasteiger partial charge in [0.15, 0.2) is 5.13 Å². The molecule has 0 N–H and O–H groups in total. The minimum absolute atomic E-state index is 0.423. The van der Waals surface area contributed by atoms with Crippen LogP contribution in [0.2, 0.25) is 0 Å². The highest BCUT2D eigenvalue weighted by Crippen LogP contribution is 2.39. The number of nitrogens with zero attached hydrogens (tertiary/aromatic N) is 2. The van der Waals surface area contributed by atoms with Gasteiger partial charge in [-0.15, -0.1) is 0 Å². The molecule has 0 amide bonds. The molecule has 2 heterocycles. The summed E-state index contributed by atoms with van der Waals surface area (Å²) in [4.78, 5) is 7.24. The van der Waals surface area contributed by atoms with Gasteiger partial charge in [0.1, 0.15) is 5.73 Å². The van der Waals surface area contributed by atoms with Crippen molar-refractivity contribution in [3.8, 4) is 0 Å². The van der Waals surface area contributed by atoms with E-state index in [1.165, 1.54) is 17.4 Å². The van der Waals surface area contributed by atoms with Gasteiger partial charge in [0.25, 0.3) is 0 Å². The van der Waals surface area contributed by atoms with Crippen LogP contribution < -0.4 is 4.90 Å². The van der Waals surface area contributed by atoms with Crippen molar-refractivity contribution in [2.75, 3.05) is 18.0 Å². The molecular weight excluding hydrogens is 302 g/mol. The van der Waals surface area contributed by atoms with Crippen molar-refractivity contribution < 1.29 is 13.7 Å². The van der Waals surface area contributed by atoms with E-state index >= 15 is 0 Å². The van der Waals surface area contributed by atoms with E-state index in [0.717, 1.165) is 23.1 Å². The molecule has 0 unspecified atom stereocenters. The van der Waals surface area contributed by atoms with Gasteiger partial charge in [-0.25, -0.2) is 9.37 Å². The van der Waals surface area contributed by atoms with Crippen LogP contribution in [0.4, 0.5) is 9.52 Å². The zero-order valence-electron chi connectivity index (χ0n) is 14.1. The van der Waals surface area contributed by atoms with Crippen molar-refractivity contribution >= 4 is 29.7 Å². The Kier molecular flexibility index (Phi) is 4.99. The highest BCUT2D eigenvalue weighted by Gasteiger charge is 2.53. The average molecular weight is 326 g/mol. The first kappa shape index (κ1) is 17.4. The monoisotopic (exact) mass is 326 g/mol. The maximum absolute atomic E-state index is 14.4. The molecule has 0 spiro atoms. The molecule has 0 saturated carbocycles. The Hall–Kier alpha value is -0.915. The summed E-state index contributed by atoms with van der Waals surface area (Å²) in [6.07, 6.45) is 3.13. The van der Waals surface area contributed by atoms with Gasteiger partial charge < -0.3 is 14.2 Å². The molecule has 4 nitrogen and oxygen atoms in total. The van der Waals surface area contributed by atoms with Gasteiger partial charge in [0, 0.05) is 19.3 Å². The standard InChI is InChI=1S/C15H24BFN2O2S/c1-7-19(8-2)13-18-10-11(22-13)9-12(17)16-20-14(3,4)15(5,6)21-16/h9-10H,7-8H2,1-6H3. The summed E-state index contributed by atoms with van der Waals surface area (Å²) in [6.45, 7) is 13.5. The van der Waals surface area contributed by atoms with E-state index in [1.807, 2.05) is 27.7 Å². The minimum Gasteiger partial charge on any atom is -0.398 e. The lowest BCUT2D eigenvalue weighted by molar-refractivity contribution is 0.00578. The minimum atomic E-state index is -0.955. The Morgan fingerprint density at radius 1 is 1.27 bits per heavy atom. The predicted molar refractivity (Wildman–Crippen MR) is 90.8 cm³/mol. The molecule has 1 aromatic heterocycles. The van der Waals surface area contributed by atoms with Crippen LogP contribution >= 0.6 is 11.3 Å². The molecule has 1 aromatic rings. The Morgan fingerprint density at radius 2 is 1.82 bits per heavy atom. The van der Waals surface area contributed by atoms with Gasteiger partial charge in [-0.3, -0.25) is 0 Å². The summed E-state index contributed by atoms with van der Waals surface area (Å²) in [5.41, 5.74) is -1.50. The first-order valence-corrected chi connectivity index (χ1v) is 8.45. The third-order valence-corrected chi connectivity index (χ3v) is 5.31. The van der Waals surface area contributed by atoms with Crippen LogP contribution in [0, 0.1) is 0 Å². The van der Waals surface area contributed by atoms with Crippen LogP contribution in [0.5, 0.6) is 0 Å². The molecule has 0 atom stereocenters. The fourth-order valence-electron chi connectivity index (χ4n) is 2.14. The maximum atomic E-state index is 14.4. The number of anilines is 1. The summed E-state index contributed by atoms with van der Waals surface area (Å²) < 4.78 is 25.8. The van der Waals surface area contributed by atoms with Gasteiger partial charge in [0.05, 0.1) is 16.1 Å². The molecule has 1 fully saturated rings. The number of halogens is 1. The molecular formula is C15H24BFN2O2S. The summed E-state index contributed by atoms with van der Waals surface area (Å²) in [7, 11) is -0.955. The van der Waals surface area contributed by atoms with Crippen LogP contribution in [0.1, 0.15) is 46.4 Å². The molecule has 0 aromatic carbocycles. The molecule has 1 aliphatic heterocycles. The van der Waals surface area contributed by atoms with E-state index in [-0.39, 0.29) is 0 Å². The van der Waals surface area contributed by atoms with Gasteiger partial charge in [-0.05, 0) is 47.6 Å². The van der Waals surface area contributed by atoms with E-state index in [1.54, 1.807) is 6.20 Å². The molecule has 2 rings (SSSR count). The quantitative estimate of drug-likeness (QED) is 0.768. The number of aromatic nitrogens is 1. The predicted octanol–water partition coefficient (Wildman–Crippen LogP) is 3.93. The first-order chi connectivity index (χ1) is 10.2. The average Bonchev–Trinajstić information content (AvgIpc) is 2.94. The first-order valence-electron chi connectivity index (χ1n) is 7.63. The third-order valence-electron chi connectivity index (χ3n) is 4.30. The van der Waals surface area contributed by atoms with Gasteiger partial charge in [0.2, 0.25) is 0 Å². The van der Waals surface area contributed by atoms with Crippen molar-refractivity contribution in [3.05, 3.63) is 16.8 Å². The molecule has 0 bridgehead atoms. The normalized spacial score (nSPS) is 20.5. The van der Waals surface area contributed by atoms with E-state index in [2.05, 4.69) is 23.7 Å². The van der Waals surface area contributed by atoms with Gasteiger partial charge >= 0.3 is 7.12 Å². The summed E-state index contributed by atoms with van der Waals surface area (Å²) in [5.74, 6) is 0.